The number of hydrogen-bond acceptors (Lipinski definition) is 5. The average Bonchev–Trinajstić information content (AvgIpc) is 2.18. The van der Waals surface area contributed by atoms with E-state index in [0.717, 1.165) is 6.07 Å². The van der Waals surface area contributed by atoms with Crippen molar-refractivity contribution >= 4 is 0 Å². The molecule has 1 aromatic carbocycles. The molecule has 0 unspecified atom stereocenters. The lowest BCUT2D eigenvalue weighted by Crippen LogP contribution is -2.10. The highest BCUT2D eigenvalue weighted by Gasteiger charge is 2.05. The van der Waals surface area contributed by atoms with E-state index in [4.69, 9.17) is 9.94 Å². The van der Waals surface area contributed by atoms with Crippen LogP contribution in [0.4, 0.5) is 4.39 Å². The molecule has 0 aliphatic heterocycles. The first-order valence-corrected chi connectivity index (χ1v) is 3.79. The van der Waals surface area contributed by atoms with E-state index in [9.17, 15) is 9.30 Å². The zero-order chi connectivity index (χ0) is 10.6. The molecule has 0 heterocycles. The van der Waals surface area contributed by atoms with Gasteiger partial charge in [-0.1, -0.05) is 6.07 Å². The van der Waals surface area contributed by atoms with Crippen LogP contribution in [0, 0.1) is 10.7 Å². The Labute approximate surface area is 85.7 Å². The predicted octanol–water partition coefficient (Wildman–Crippen LogP) is 1.87. The van der Waals surface area contributed by atoms with Gasteiger partial charge in [0.2, 0.25) is 0 Å². The summed E-state index contributed by atoms with van der Waals surface area (Å²) in [6.45, 7) is -0.162. The Balaban J connectivity index is 0.00000196. The number of ether oxygens (including phenoxy) is 1. The van der Waals surface area contributed by atoms with Gasteiger partial charge in [0.15, 0.2) is 11.6 Å². The molecule has 15 heavy (non-hydrogen) atoms. The molecule has 4 N–H and O–H groups in total. The van der Waals surface area contributed by atoms with Crippen LogP contribution in [0.25, 0.3) is 0 Å². The Hall–Kier alpha value is -1.73. The molecule has 1 aromatic rings. The number of halogens is 1. The number of nitrogens with zero attached hydrogens (tertiary/aromatic N) is 2. The van der Waals surface area contributed by atoms with Crippen LogP contribution in [0.3, 0.4) is 0 Å². The quantitative estimate of drug-likeness (QED) is 0.592. The van der Waals surface area contributed by atoms with Crippen molar-refractivity contribution in [1.29, 1.82) is 0 Å². The van der Waals surface area contributed by atoms with Gasteiger partial charge in [-0.25, -0.2) is 4.39 Å². The molecule has 0 aliphatic rings. The van der Waals surface area contributed by atoms with Gasteiger partial charge >= 0.3 is 0 Å². The van der Waals surface area contributed by atoms with Crippen LogP contribution < -0.4 is 10.9 Å². The van der Waals surface area contributed by atoms with Crippen molar-refractivity contribution in [3.05, 3.63) is 34.5 Å². The summed E-state index contributed by atoms with van der Waals surface area (Å²) < 4.78 is 17.8. The van der Waals surface area contributed by atoms with Gasteiger partial charge in [0.1, 0.15) is 0 Å². The lowest BCUT2D eigenvalue weighted by atomic mass is 10.2. The molecule has 0 saturated heterocycles. The van der Waals surface area contributed by atoms with Crippen LogP contribution in [0.2, 0.25) is 0 Å². The van der Waals surface area contributed by atoms with E-state index in [1.54, 1.807) is 0 Å². The fourth-order valence-corrected chi connectivity index (χ4v) is 1.00. The Kier molecular flexibility index (Phi) is 5.21. The third-order valence-electron chi connectivity index (χ3n) is 1.63. The zero-order valence-electron chi connectivity index (χ0n) is 8.18. The molecule has 7 heteroatoms. The topological polar surface area (TPSA) is 97.1 Å². The SMILES string of the molecule is COc1ccc(CN(O)N=O)cc1F.N. The first-order chi connectivity index (χ1) is 6.67. The third kappa shape index (κ3) is 3.49. The highest BCUT2D eigenvalue weighted by molar-refractivity contribution is 5.29. The van der Waals surface area contributed by atoms with Gasteiger partial charge < -0.3 is 10.9 Å². The fourth-order valence-electron chi connectivity index (χ4n) is 1.00. The average molecular weight is 217 g/mol. The molecule has 0 radical (unpaired) electrons. The van der Waals surface area contributed by atoms with Gasteiger partial charge in [-0.05, 0) is 17.7 Å². The number of rotatable bonds is 4. The molecular weight excluding hydrogens is 205 g/mol. The van der Waals surface area contributed by atoms with E-state index in [0.29, 0.717) is 5.56 Å². The van der Waals surface area contributed by atoms with Crippen molar-refractivity contribution in [3.63, 3.8) is 0 Å². The molecular formula is C8H12FN3O3. The fraction of sp³-hybridized carbons (Fsp3) is 0.250. The number of benzene rings is 1. The normalized spacial score (nSPS) is 9.00. The minimum atomic E-state index is -0.552. The number of hydroxylamine groups is 1. The lowest BCUT2D eigenvalue weighted by molar-refractivity contribution is -0.100. The second-order valence-electron chi connectivity index (χ2n) is 2.58. The van der Waals surface area contributed by atoms with E-state index in [1.807, 2.05) is 0 Å². The van der Waals surface area contributed by atoms with E-state index in [-0.39, 0.29) is 23.6 Å². The number of hydrogen-bond donors (Lipinski definition) is 2. The van der Waals surface area contributed by atoms with Crippen LogP contribution in [0.5, 0.6) is 5.75 Å². The van der Waals surface area contributed by atoms with Gasteiger partial charge in [0.25, 0.3) is 0 Å². The Bertz CT molecular complexity index is 335. The molecule has 0 spiro atoms. The standard InChI is InChI=1S/C8H9FN2O3.H3N/c1-14-8-3-2-6(4-7(8)9)5-11(13)10-12;/h2-4,13H,5H2,1H3;1H3. The monoisotopic (exact) mass is 217 g/mol. The summed E-state index contributed by atoms with van der Waals surface area (Å²) in [4.78, 5) is 9.82. The van der Waals surface area contributed by atoms with E-state index >= 15 is 0 Å². The van der Waals surface area contributed by atoms with Crippen LogP contribution in [-0.4, -0.2) is 17.5 Å². The highest BCUT2D eigenvalue weighted by Crippen LogP contribution is 2.18. The van der Waals surface area contributed by atoms with Gasteiger partial charge in [0, 0.05) is 0 Å². The predicted molar refractivity (Wildman–Crippen MR) is 51.1 cm³/mol. The summed E-state index contributed by atoms with van der Waals surface area (Å²) in [5.41, 5.74) is 0.422. The minimum absolute atomic E-state index is 0. The summed E-state index contributed by atoms with van der Waals surface area (Å²) in [5, 5.41) is 11.2. The van der Waals surface area contributed by atoms with Crippen LogP contribution in [-0.2, 0) is 6.54 Å². The molecule has 0 aromatic heterocycles. The summed E-state index contributed by atoms with van der Waals surface area (Å²) in [6, 6.07) is 4.09. The molecule has 0 saturated carbocycles. The van der Waals surface area contributed by atoms with Gasteiger partial charge in [-0.3, -0.25) is 5.21 Å². The molecule has 0 amide bonds. The van der Waals surface area contributed by atoms with Crippen molar-refractivity contribution in [2.45, 2.75) is 6.54 Å². The van der Waals surface area contributed by atoms with E-state index in [1.165, 1.54) is 19.2 Å². The molecule has 0 atom stereocenters. The summed E-state index contributed by atoms with van der Waals surface area (Å²) >= 11 is 0. The first kappa shape index (κ1) is 13.3. The van der Waals surface area contributed by atoms with Crippen molar-refractivity contribution in [3.8, 4) is 5.75 Å². The van der Waals surface area contributed by atoms with E-state index in [2.05, 4.69) is 5.29 Å². The summed E-state index contributed by atoms with van der Waals surface area (Å²) in [5.74, 6) is -0.443. The Morgan fingerprint density at radius 3 is 2.73 bits per heavy atom. The second kappa shape index (κ2) is 5.89. The smallest absolute Gasteiger partial charge is 0.165 e. The molecule has 0 bridgehead atoms. The molecule has 84 valence electrons. The highest BCUT2D eigenvalue weighted by atomic mass is 19.1. The Morgan fingerprint density at radius 1 is 1.60 bits per heavy atom. The van der Waals surface area contributed by atoms with Crippen LogP contribution >= 0.6 is 0 Å². The molecule has 0 aliphatic carbocycles. The molecule has 0 fully saturated rings. The second-order valence-corrected chi connectivity index (χ2v) is 2.58. The van der Waals surface area contributed by atoms with Gasteiger partial charge in [-0.2, -0.15) is 0 Å². The van der Waals surface area contributed by atoms with Crippen LogP contribution in [0.15, 0.2) is 23.5 Å². The summed E-state index contributed by atoms with van der Waals surface area (Å²) in [6.07, 6.45) is 0. The van der Waals surface area contributed by atoms with Gasteiger partial charge in [-0.15, -0.1) is 10.1 Å². The third-order valence-corrected chi connectivity index (χ3v) is 1.63. The maximum absolute atomic E-state index is 13.1. The number of nitroso groups, excluding NO2 is 1. The first-order valence-electron chi connectivity index (χ1n) is 3.79. The maximum Gasteiger partial charge on any atom is 0.165 e. The van der Waals surface area contributed by atoms with Crippen molar-refractivity contribution in [2.75, 3.05) is 7.11 Å². The van der Waals surface area contributed by atoms with Crippen molar-refractivity contribution in [1.82, 2.24) is 11.3 Å². The maximum atomic E-state index is 13.1. The minimum Gasteiger partial charge on any atom is -0.494 e. The zero-order valence-corrected chi connectivity index (χ0v) is 8.18. The molecule has 6 nitrogen and oxygen atoms in total. The largest absolute Gasteiger partial charge is 0.494 e. The van der Waals surface area contributed by atoms with Crippen LogP contribution in [0.1, 0.15) is 5.56 Å². The van der Waals surface area contributed by atoms with Gasteiger partial charge in [0.05, 0.1) is 18.9 Å². The lowest BCUT2D eigenvalue weighted by Gasteiger charge is -2.07. The Morgan fingerprint density at radius 2 is 2.27 bits per heavy atom. The van der Waals surface area contributed by atoms with Crippen molar-refractivity contribution < 1.29 is 14.3 Å². The van der Waals surface area contributed by atoms with E-state index < -0.39 is 5.82 Å². The van der Waals surface area contributed by atoms with Crippen molar-refractivity contribution in [2.24, 2.45) is 5.29 Å². The molecule has 1 rings (SSSR count). The summed E-state index contributed by atoms with van der Waals surface area (Å²) in [7, 11) is 1.35. The number of methoxy groups -OCH3 is 1.